The summed E-state index contributed by atoms with van der Waals surface area (Å²) in [5.74, 6) is -0.664. The zero-order valence-electron chi connectivity index (χ0n) is 12.7. The minimum absolute atomic E-state index is 0.0444. The summed E-state index contributed by atoms with van der Waals surface area (Å²) in [4.78, 5) is 11.3. The summed E-state index contributed by atoms with van der Waals surface area (Å²) >= 11 is 0. The molecule has 0 aliphatic rings. The Bertz CT molecular complexity index is 822. The van der Waals surface area contributed by atoms with Crippen LogP contribution in [-0.2, 0) is 10.0 Å². The van der Waals surface area contributed by atoms with Crippen molar-refractivity contribution in [1.29, 1.82) is 0 Å². The summed E-state index contributed by atoms with van der Waals surface area (Å²) in [7, 11) is -3.79. The standard InChI is InChI=1S/C16H18N2O3S/c1-10-6-11(2)8-14(7-10)18-22(20,21)15-9-13(16(17)19)5-4-12(15)3/h4-9,18H,1-3H3,(H2,17,19). The number of sulfonamides is 1. The van der Waals surface area contributed by atoms with E-state index in [-0.39, 0.29) is 10.5 Å². The van der Waals surface area contributed by atoms with Crippen LogP contribution in [0.5, 0.6) is 0 Å². The number of carbonyl (C=O) groups is 1. The Labute approximate surface area is 130 Å². The number of amides is 1. The molecule has 5 nitrogen and oxygen atoms in total. The highest BCUT2D eigenvalue weighted by Crippen LogP contribution is 2.22. The predicted molar refractivity (Wildman–Crippen MR) is 86.4 cm³/mol. The average Bonchev–Trinajstić information content (AvgIpc) is 2.36. The smallest absolute Gasteiger partial charge is 0.262 e. The molecular weight excluding hydrogens is 300 g/mol. The fourth-order valence-electron chi connectivity index (χ4n) is 2.29. The second-order valence-electron chi connectivity index (χ2n) is 5.33. The third kappa shape index (κ3) is 3.46. The molecule has 0 spiro atoms. The van der Waals surface area contributed by atoms with Crippen LogP contribution in [0.25, 0.3) is 0 Å². The lowest BCUT2D eigenvalue weighted by molar-refractivity contribution is 0.1000. The molecule has 0 fully saturated rings. The van der Waals surface area contributed by atoms with Gasteiger partial charge in [0.15, 0.2) is 0 Å². The Morgan fingerprint density at radius 1 is 1.00 bits per heavy atom. The number of carbonyl (C=O) groups excluding carboxylic acids is 1. The molecule has 3 N–H and O–H groups in total. The van der Waals surface area contributed by atoms with E-state index in [9.17, 15) is 13.2 Å². The zero-order valence-corrected chi connectivity index (χ0v) is 13.5. The highest BCUT2D eigenvalue weighted by molar-refractivity contribution is 7.92. The number of anilines is 1. The maximum absolute atomic E-state index is 12.6. The van der Waals surface area contributed by atoms with E-state index in [2.05, 4.69) is 4.72 Å². The van der Waals surface area contributed by atoms with Crippen LogP contribution in [0.3, 0.4) is 0 Å². The van der Waals surface area contributed by atoms with Crippen molar-refractivity contribution in [3.63, 3.8) is 0 Å². The van der Waals surface area contributed by atoms with Crippen LogP contribution >= 0.6 is 0 Å². The van der Waals surface area contributed by atoms with Gasteiger partial charge in [-0.05, 0) is 61.7 Å². The van der Waals surface area contributed by atoms with Crippen molar-refractivity contribution >= 4 is 21.6 Å². The van der Waals surface area contributed by atoms with Gasteiger partial charge in [-0.1, -0.05) is 12.1 Å². The Hall–Kier alpha value is -2.34. The fourth-order valence-corrected chi connectivity index (χ4v) is 3.60. The lowest BCUT2D eigenvalue weighted by Crippen LogP contribution is -2.17. The van der Waals surface area contributed by atoms with E-state index >= 15 is 0 Å². The van der Waals surface area contributed by atoms with Gasteiger partial charge in [0.2, 0.25) is 5.91 Å². The minimum Gasteiger partial charge on any atom is -0.366 e. The van der Waals surface area contributed by atoms with Gasteiger partial charge in [-0.25, -0.2) is 8.42 Å². The number of hydrogen-bond acceptors (Lipinski definition) is 3. The minimum atomic E-state index is -3.79. The number of primary amides is 1. The van der Waals surface area contributed by atoms with Gasteiger partial charge in [0, 0.05) is 11.3 Å². The van der Waals surface area contributed by atoms with Gasteiger partial charge < -0.3 is 5.73 Å². The fraction of sp³-hybridized carbons (Fsp3) is 0.188. The summed E-state index contributed by atoms with van der Waals surface area (Å²) in [6.07, 6.45) is 0. The molecule has 0 saturated carbocycles. The zero-order chi connectivity index (χ0) is 16.5. The molecule has 2 aromatic carbocycles. The summed E-state index contributed by atoms with van der Waals surface area (Å²) < 4.78 is 27.7. The van der Waals surface area contributed by atoms with Crippen molar-refractivity contribution in [2.24, 2.45) is 5.73 Å². The summed E-state index contributed by atoms with van der Waals surface area (Å²) in [6, 6.07) is 9.82. The molecule has 0 aliphatic heterocycles. The van der Waals surface area contributed by atoms with Crippen molar-refractivity contribution in [2.75, 3.05) is 4.72 Å². The topological polar surface area (TPSA) is 89.3 Å². The van der Waals surface area contributed by atoms with Crippen molar-refractivity contribution in [2.45, 2.75) is 25.7 Å². The van der Waals surface area contributed by atoms with E-state index in [0.717, 1.165) is 11.1 Å². The Balaban J connectivity index is 2.46. The predicted octanol–water partition coefficient (Wildman–Crippen LogP) is 2.51. The second-order valence-corrected chi connectivity index (χ2v) is 6.98. The molecule has 0 unspecified atom stereocenters. The van der Waals surface area contributed by atoms with Crippen molar-refractivity contribution in [3.8, 4) is 0 Å². The van der Waals surface area contributed by atoms with E-state index in [4.69, 9.17) is 5.73 Å². The Kier molecular flexibility index (Phi) is 4.23. The lowest BCUT2D eigenvalue weighted by atomic mass is 10.1. The first-order valence-corrected chi connectivity index (χ1v) is 8.19. The molecular formula is C16H18N2O3S. The van der Waals surface area contributed by atoms with Crippen LogP contribution in [0.15, 0.2) is 41.3 Å². The molecule has 2 rings (SSSR count). The van der Waals surface area contributed by atoms with Gasteiger partial charge in [0.25, 0.3) is 10.0 Å². The third-order valence-corrected chi connectivity index (χ3v) is 4.76. The molecule has 6 heteroatoms. The van der Waals surface area contributed by atoms with Gasteiger partial charge >= 0.3 is 0 Å². The molecule has 0 atom stereocenters. The van der Waals surface area contributed by atoms with Crippen LogP contribution < -0.4 is 10.5 Å². The van der Waals surface area contributed by atoms with Crippen LogP contribution in [-0.4, -0.2) is 14.3 Å². The first kappa shape index (κ1) is 16.0. The molecule has 0 saturated heterocycles. The van der Waals surface area contributed by atoms with Gasteiger partial charge in [-0.3, -0.25) is 9.52 Å². The van der Waals surface area contributed by atoms with Crippen molar-refractivity contribution in [1.82, 2.24) is 0 Å². The van der Waals surface area contributed by atoms with Gasteiger partial charge in [0.1, 0.15) is 0 Å². The number of nitrogens with one attached hydrogen (secondary N) is 1. The normalized spacial score (nSPS) is 11.2. The second kappa shape index (κ2) is 5.81. The van der Waals surface area contributed by atoms with Gasteiger partial charge in [0.05, 0.1) is 4.90 Å². The summed E-state index contributed by atoms with van der Waals surface area (Å²) in [5.41, 5.74) is 8.32. The SMILES string of the molecule is Cc1cc(C)cc(NS(=O)(=O)c2cc(C(N)=O)ccc2C)c1. The van der Waals surface area contributed by atoms with E-state index < -0.39 is 15.9 Å². The molecule has 0 bridgehead atoms. The molecule has 1 amide bonds. The van der Waals surface area contributed by atoms with E-state index in [1.54, 1.807) is 25.1 Å². The van der Waals surface area contributed by atoms with Crippen molar-refractivity contribution in [3.05, 3.63) is 58.7 Å². The maximum atomic E-state index is 12.6. The molecule has 0 heterocycles. The monoisotopic (exact) mass is 318 g/mol. The first-order chi connectivity index (χ1) is 10.2. The van der Waals surface area contributed by atoms with Crippen LogP contribution in [0, 0.1) is 20.8 Å². The number of benzene rings is 2. The van der Waals surface area contributed by atoms with Crippen molar-refractivity contribution < 1.29 is 13.2 Å². The quantitative estimate of drug-likeness (QED) is 0.907. The maximum Gasteiger partial charge on any atom is 0.262 e. The van der Waals surface area contributed by atoms with E-state index in [0.29, 0.717) is 11.3 Å². The molecule has 22 heavy (non-hydrogen) atoms. The van der Waals surface area contributed by atoms with Crippen LogP contribution in [0.2, 0.25) is 0 Å². The molecule has 2 aromatic rings. The third-order valence-electron chi connectivity index (χ3n) is 3.24. The lowest BCUT2D eigenvalue weighted by Gasteiger charge is -2.12. The Morgan fingerprint density at radius 3 is 2.14 bits per heavy atom. The highest BCUT2D eigenvalue weighted by atomic mass is 32.2. The Morgan fingerprint density at radius 2 is 1.59 bits per heavy atom. The molecule has 0 aliphatic carbocycles. The average molecular weight is 318 g/mol. The number of nitrogens with two attached hydrogens (primary N) is 1. The molecule has 0 aromatic heterocycles. The van der Waals surface area contributed by atoms with Gasteiger partial charge in [-0.2, -0.15) is 0 Å². The van der Waals surface area contributed by atoms with Crippen LogP contribution in [0.4, 0.5) is 5.69 Å². The molecule has 116 valence electrons. The summed E-state index contributed by atoms with van der Waals surface area (Å²) in [6.45, 7) is 5.45. The summed E-state index contributed by atoms with van der Waals surface area (Å²) in [5, 5.41) is 0. The number of aryl methyl sites for hydroxylation is 3. The van der Waals surface area contributed by atoms with E-state index in [1.807, 2.05) is 19.9 Å². The van der Waals surface area contributed by atoms with E-state index in [1.165, 1.54) is 12.1 Å². The number of hydrogen-bond donors (Lipinski definition) is 2. The largest absolute Gasteiger partial charge is 0.366 e. The first-order valence-electron chi connectivity index (χ1n) is 6.70. The number of rotatable bonds is 4. The van der Waals surface area contributed by atoms with Gasteiger partial charge in [-0.15, -0.1) is 0 Å². The molecule has 0 radical (unpaired) electrons. The van der Waals surface area contributed by atoms with Crippen LogP contribution in [0.1, 0.15) is 27.0 Å². The highest BCUT2D eigenvalue weighted by Gasteiger charge is 2.19.